The summed E-state index contributed by atoms with van der Waals surface area (Å²) in [6.45, 7) is 8.99. The van der Waals surface area contributed by atoms with Gasteiger partial charge < -0.3 is 15.5 Å². The Morgan fingerprint density at radius 3 is 2.73 bits per heavy atom. The van der Waals surface area contributed by atoms with Crippen molar-refractivity contribution >= 4 is 21.9 Å². The van der Waals surface area contributed by atoms with E-state index in [4.69, 9.17) is 0 Å². The fraction of sp³-hybridized carbons (Fsp3) is 0.667. The van der Waals surface area contributed by atoms with Crippen molar-refractivity contribution < 1.29 is 0 Å². The summed E-state index contributed by atoms with van der Waals surface area (Å²) < 4.78 is 1.22. The van der Waals surface area contributed by atoms with E-state index in [0.717, 1.165) is 19.0 Å². The summed E-state index contributed by atoms with van der Waals surface area (Å²) in [4.78, 5) is 7.04. The quantitative estimate of drug-likeness (QED) is 0.543. The SMILES string of the molecule is CN=C(NCC1CCCN(C(C)C)C1)NCC1(c2ccccc2Br)CC1. The van der Waals surface area contributed by atoms with Gasteiger partial charge in [0.25, 0.3) is 0 Å². The van der Waals surface area contributed by atoms with Crippen molar-refractivity contribution in [3.05, 3.63) is 34.3 Å². The molecule has 3 rings (SSSR count). The number of likely N-dealkylation sites (tertiary alicyclic amines) is 1. The minimum absolute atomic E-state index is 0.261. The van der Waals surface area contributed by atoms with E-state index in [-0.39, 0.29) is 5.41 Å². The van der Waals surface area contributed by atoms with Gasteiger partial charge in [0, 0.05) is 42.6 Å². The van der Waals surface area contributed by atoms with Crippen LogP contribution in [0.5, 0.6) is 0 Å². The third-order valence-electron chi connectivity index (χ3n) is 5.96. The number of nitrogens with zero attached hydrogens (tertiary/aromatic N) is 2. The molecule has 1 saturated carbocycles. The fourth-order valence-electron chi connectivity index (χ4n) is 4.03. The van der Waals surface area contributed by atoms with E-state index < -0.39 is 0 Å². The lowest BCUT2D eigenvalue weighted by Gasteiger charge is -2.35. The second-order valence-corrected chi connectivity index (χ2v) is 9.02. The van der Waals surface area contributed by atoms with Crippen LogP contribution in [0, 0.1) is 5.92 Å². The molecule has 0 amide bonds. The van der Waals surface area contributed by atoms with E-state index in [1.807, 2.05) is 7.05 Å². The molecule has 4 nitrogen and oxygen atoms in total. The molecule has 1 aliphatic heterocycles. The van der Waals surface area contributed by atoms with E-state index in [1.54, 1.807) is 0 Å². The second-order valence-electron chi connectivity index (χ2n) is 8.16. The van der Waals surface area contributed by atoms with Crippen molar-refractivity contribution in [1.29, 1.82) is 0 Å². The molecule has 2 fully saturated rings. The fourth-order valence-corrected chi connectivity index (χ4v) is 4.74. The van der Waals surface area contributed by atoms with Crippen LogP contribution < -0.4 is 10.6 Å². The third kappa shape index (κ3) is 4.80. The Bertz CT molecular complexity index is 624. The lowest BCUT2D eigenvalue weighted by molar-refractivity contribution is 0.141. The molecule has 1 atom stereocenters. The molecule has 1 aromatic carbocycles. The van der Waals surface area contributed by atoms with Gasteiger partial charge in [0.1, 0.15) is 0 Å². The summed E-state index contributed by atoms with van der Waals surface area (Å²) in [6.07, 6.45) is 5.10. The van der Waals surface area contributed by atoms with Gasteiger partial charge in [0.15, 0.2) is 5.96 Å². The number of aliphatic imine (C=N–C) groups is 1. The van der Waals surface area contributed by atoms with Gasteiger partial charge in [-0.1, -0.05) is 34.1 Å². The standard InChI is InChI=1S/C21H33BrN4/c1-16(2)26-12-6-7-17(14-26)13-24-20(23-3)25-15-21(10-11-21)18-8-4-5-9-19(18)22/h4-5,8-9,16-17H,6-7,10-15H2,1-3H3,(H2,23,24,25). The number of benzene rings is 1. The molecule has 0 spiro atoms. The maximum absolute atomic E-state index is 4.44. The summed E-state index contributed by atoms with van der Waals surface area (Å²) in [5, 5.41) is 7.14. The molecule has 2 aliphatic rings. The molecule has 5 heteroatoms. The number of halogens is 1. The molecule has 26 heavy (non-hydrogen) atoms. The number of piperidine rings is 1. The van der Waals surface area contributed by atoms with Crippen molar-refractivity contribution in [2.24, 2.45) is 10.9 Å². The van der Waals surface area contributed by atoms with E-state index >= 15 is 0 Å². The molecule has 0 radical (unpaired) electrons. The van der Waals surface area contributed by atoms with Gasteiger partial charge in [-0.15, -0.1) is 0 Å². The molecular formula is C21H33BrN4. The van der Waals surface area contributed by atoms with Gasteiger partial charge in [-0.2, -0.15) is 0 Å². The Balaban J connectivity index is 1.49. The Kier molecular flexibility index (Phi) is 6.62. The van der Waals surface area contributed by atoms with Crippen LogP contribution in [0.15, 0.2) is 33.7 Å². The molecule has 144 valence electrons. The van der Waals surface area contributed by atoms with Gasteiger partial charge in [0.05, 0.1) is 0 Å². The van der Waals surface area contributed by atoms with Crippen LogP contribution in [0.2, 0.25) is 0 Å². The summed E-state index contributed by atoms with van der Waals surface area (Å²) in [5.74, 6) is 1.65. The predicted octanol–water partition coefficient (Wildman–Crippen LogP) is 3.77. The van der Waals surface area contributed by atoms with Gasteiger partial charge >= 0.3 is 0 Å². The lowest BCUT2D eigenvalue weighted by atomic mass is 9.96. The Morgan fingerprint density at radius 2 is 2.08 bits per heavy atom. The topological polar surface area (TPSA) is 39.7 Å². The Labute approximate surface area is 167 Å². The number of nitrogens with one attached hydrogen (secondary N) is 2. The maximum Gasteiger partial charge on any atom is 0.191 e. The average molecular weight is 421 g/mol. The van der Waals surface area contributed by atoms with E-state index in [1.165, 1.54) is 48.8 Å². The van der Waals surface area contributed by atoms with Gasteiger partial charge in [-0.25, -0.2) is 0 Å². The van der Waals surface area contributed by atoms with Crippen molar-refractivity contribution in [3.8, 4) is 0 Å². The first-order chi connectivity index (χ1) is 12.5. The number of guanidine groups is 1. The molecule has 1 saturated heterocycles. The smallest absolute Gasteiger partial charge is 0.191 e. The maximum atomic E-state index is 4.44. The van der Waals surface area contributed by atoms with Crippen LogP contribution in [-0.4, -0.2) is 50.1 Å². The van der Waals surface area contributed by atoms with Crippen LogP contribution in [0.25, 0.3) is 0 Å². The summed E-state index contributed by atoms with van der Waals surface area (Å²) >= 11 is 3.72. The first-order valence-corrected chi connectivity index (χ1v) is 10.8. The highest BCUT2D eigenvalue weighted by Gasteiger charge is 2.45. The summed E-state index contributed by atoms with van der Waals surface area (Å²) in [5.41, 5.74) is 1.68. The van der Waals surface area contributed by atoms with Crippen LogP contribution in [0.3, 0.4) is 0 Å². The number of hydrogen-bond donors (Lipinski definition) is 2. The van der Waals surface area contributed by atoms with Crippen molar-refractivity contribution in [2.45, 2.75) is 51.0 Å². The minimum Gasteiger partial charge on any atom is -0.356 e. The second kappa shape index (κ2) is 8.75. The highest BCUT2D eigenvalue weighted by molar-refractivity contribution is 9.10. The largest absolute Gasteiger partial charge is 0.356 e. The van der Waals surface area contributed by atoms with Gasteiger partial charge in [-0.05, 0) is 63.6 Å². The first kappa shape index (κ1) is 19.7. The summed E-state index contributed by atoms with van der Waals surface area (Å²) in [6, 6.07) is 9.26. The minimum atomic E-state index is 0.261. The Morgan fingerprint density at radius 1 is 1.31 bits per heavy atom. The van der Waals surface area contributed by atoms with E-state index in [0.29, 0.717) is 12.0 Å². The van der Waals surface area contributed by atoms with Gasteiger partial charge in [-0.3, -0.25) is 4.99 Å². The monoisotopic (exact) mass is 420 g/mol. The van der Waals surface area contributed by atoms with E-state index in [2.05, 4.69) is 74.6 Å². The zero-order valence-corrected chi connectivity index (χ0v) is 18.0. The van der Waals surface area contributed by atoms with Crippen molar-refractivity contribution in [2.75, 3.05) is 33.2 Å². The molecule has 1 aliphatic carbocycles. The van der Waals surface area contributed by atoms with Crippen molar-refractivity contribution in [3.63, 3.8) is 0 Å². The zero-order chi connectivity index (χ0) is 18.6. The number of rotatable bonds is 6. The average Bonchev–Trinajstić information content (AvgIpc) is 3.43. The van der Waals surface area contributed by atoms with Crippen LogP contribution >= 0.6 is 15.9 Å². The molecule has 1 heterocycles. The van der Waals surface area contributed by atoms with Crippen LogP contribution in [0.1, 0.15) is 45.1 Å². The molecule has 2 N–H and O–H groups in total. The zero-order valence-electron chi connectivity index (χ0n) is 16.4. The molecular weight excluding hydrogens is 388 g/mol. The normalized spacial score (nSPS) is 23.1. The predicted molar refractivity (Wildman–Crippen MR) is 114 cm³/mol. The molecule has 1 aromatic rings. The summed E-state index contributed by atoms with van der Waals surface area (Å²) in [7, 11) is 1.87. The molecule has 0 bridgehead atoms. The highest BCUT2D eigenvalue weighted by Crippen LogP contribution is 2.49. The lowest BCUT2D eigenvalue weighted by Crippen LogP contribution is -2.47. The molecule has 0 aromatic heterocycles. The van der Waals surface area contributed by atoms with Crippen molar-refractivity contribution in [1.82, 2.24) is 15.5 Å². The van der Waals surface area contributed by atoms with Gasteiger partial charge in [0.2, 0.25) is 0 Å². The number of hydrogen-bond acceptors (Lipinski definition) is 2. The van der Waals surface area contributed by atoms with Crippen LogP contribution in [-0.2, 0) is 5.41 Å². The van der Waals surface area contributed by atoms with E-state index in [9.17, 15) is 0 Å². The highest BCUT2D eigenvalue weighted by atomic mass is 79.9. The Hall–Kier alpha value is -1.07. The van der Waals surface area contributed by atoms with Crippen LogP contribution in [0.4, 0.5) is 0 Å². The molecule has 1 unspecified atom stereocenters. The third-order valence-corrected chi connectivity index (χ3v) is 6.65. The first-order valence-electron chi connectivity index (χ1n) is 9.98.